The molecule has 0 radical (unpaired) electrons. The van der Waals surface area contributed by atoms with Crippen LogP contribution in [0.25, 0.3) is 11.3 Å². The topological polar surface area (TPSA) is 85.8 Å². The molecule has 0 fully saturated rings. The molecule has 0 saturated carbocycles. The monoisotopic (exact) mass is 432 g/mol. The molecule has 0 bridgehead atoms. The average molecular weight is 432 g/mol. The Bertz CT molecular complexity index is 1200. The number of hydrogen-bond donors (Lipinski definition) is 2. The van der Waals surface area contributed by atoms with E-state index in [-0.39, 0.29) is 5.75 Å². The Labute approximate surface area is 186 Å². The van der Waals surface area contributed by atoms with Gasteiger partial charge in [0.05, 0.1) is 19.9 Å². The maximum Gasteiger partial charge on any atom is 0.176 e. The van der Waals surface area contributed by atoms with Crippen LogP contribution in [0.3, 0.4) is 0 Å². The number of aromatic hydroxyl groups is 1. The van der Waals surface area contributed by atoms with Crippen LogP contribution in [-0.4, -0.2) is 29.5 Å². The number of nitrogens with zero attached hydrogens (tertiary/aromatic N) is 1. The Hall–Kier alpha value is -4.13. The fourth-order valence-corrected chi connectivity index (χ4v) is 3.22. The van der Waals surface area contributed by atoms with Gasteiger partial charge in [0.1, 0.15) is 41.0 Å². The van der Waals surface area contributed by atoms with Crippen molar-refractivity contribution in [2.75, 3.05) is 14.2 Å². The molecule has 0 aliphatic rings. The van der Waals surface area contributed by atoms with Crippen LogP contribution in [0.2, 0.25) is 0 Å². The molecule has 1 aromatic heterocycles. The summed E-state index contributed by atoms with van der Waals surface area (Å²) in [6, 6.07) is 20.0. The number of aromatic amines is 1. The van der Waals surface area contributed by atoms with E-state index in [1.54, 1.807) is 32.4 Å². The molecule has 1 heterocycles. The van der Waals surface area contributed by atoms with Gasteiger partial charge in [-0.15, -0.1) is 0 Å². The number of phenolic OH excluding ortho intramolecular Hbond substituents is 1. The molecule has 2 N–H and O–H groups in total. The summed E-state index contributed by atoms with van der Waals surface area (Å²) < 4.78 is 22.3. The first-order chi connectivity index (χ1) is 15.6. The lowest BCUT2D eigenvalue weighted by atomic mass is 10.1. The van der Waals surface area contributed by atoms with Gasteiger partial charge in [0, 0.05) is 11.6 Å². The SMILES string of the molecule is COc1ccc(Oc2c(-c3ccc(OCc4cccc(OC)c4)cc3O)n[nH]c2C)cc1. The predicted molar refractivity (Wildman–Crippen MR) is 121 cm³/mol. The molecule has 0 aliphatic heterocycles. The summed E-state index contributed by atoms with van der Waals surface area (Å²) in [5.74, 6) is 3.26. The van der Waals surface area contributed by atoms with Gasteiger partial charge in [-0.05, 0) is 61.0 Å². The Morgan fingerprint density at radius 3 is 2.28 bits per heavy atom. The highest BCUT2D eigenvalue weighted by Crippen LogP contribution is 2.40. The smallest absolute Gasteiger partial charge is 0.176 e. The van der Waals surface area contributed by atoms with Crippen molar-refractivity contribution in [2.24, 2.45) is 0 Å². The van der Waals surface area contributed by atoms with E-state index in [4.69, 9.17) is 18.9 Å². The van der Waals surface area contributed by atoms with E-state index in [1.807, 2.05) is 55.5 Å². The number of phenols is 1. The first kappa shape index (κ1) is 21.1. The number of nitrogens with one attached hydrogen (secondary N) is 1. The van der Waals surface area contributed by atoms with Gasteiger partial charge in [0.2, 0.25) is 0 Å². The summed E-state index contributed by atoms with van der Waals surface area (Å²) in [6.07, 6.45) is 0. The molecule has 0 unspecified atom stereocenters. The number of aryl methyl sites for hydroxylation is 1. The number of hydrogen-bond acceptors (Lipinski definition) is 6. The molecule has 164 valence electrons. The molecule has 3 aromatic carbocycles. The zero-order chi connectivity index (χ0) is 22.5. The zero-order valence-electron chi connectivity index (χ0n) is 18.1. The lowest BCUT2D eigenvalue weighted by Gasteiger charge is -2.11. The van der Waals surface area contributed by atoms with E-state index in [0.717, 1.165) is 22.8 Å². The van der Waals surface area contributed by atoms with Crippen molar-refractivity contribution in [1.29, 1.82) is 0 Å². The summed E-state index contributed by atoms with van der Waals surface area (Å²) >= 11 is 0. The molecule has 32 heavy (non-hydrogen) atoms. The normalized spacial score (nSPS) is 10.6. The van der Waals surface area contributed by atoms with Crippen LogP contribution in [0.4, 0.5) is 0 Å². The average Bonchev–Trinajstić information content (AvgIpc) is 3.18. The Kier molecular flexibility index (Phi) is 6.17. The van der Waals surface area contributed by atoms with E-state index >= 15 is 0 Å². The minimum Gasteiger partial charge on any atom is -0.507 e. The second kappa shape index (κ2) is 9.34. The number of methoxy groups -OCH3 is 2. The Balaban J connectivity index is 1.52. The van der Waals surface area contributed by atoms with Crippen molar-refractivity contribution >= 4 is 0 Å². The van der Waals surface area contributed by atoms with Crippen LogP contribution < -0.4 is 18.9 Å². The molecule has 0 spiro atoms. The second-order valence-electron chi connectivity index (χ2n) is 7.12. The maximum absolute atomic E-state index is 10.7. The number of H-pyrrole nitrogens is 1. The van der Waals surface area contributed by atoms with Gasteiger partial charge in [-0.1, -0.05) is 12.1 Å². The van der Waals surface area contributed by atoms with Crippen LogP contribution in [0.5, 0.6) is 34.5 Å². The van der Waals surface area contributed by atoms with E-state index in [2.05, 4.69) is 10.2 Å². The van der Waals surface area contributed by atoms with Crippen molar-refractivity contribution in [2.45, 2.75) is 13.5 Å². The van der Waals surface area contributed by atoms with Gasteiger partial charge < -0.3 is 24.1 Å². The molecular formula is C25H24N2O5. The molecule has 4 aromatic rings. The van der Waals surface area contributed by atoms with Crippen LogP contribution >= 0.6 is 0 Å². The van der Waals surface area contributed by atoms with Gasteiger partial charge in [0.15, 0.2) is 5.75 Å². The number of aromatic nitrogens is 2. The van der Waals surface area contributed by atoms with Gasteiger partial charge in [-0.25, -0.2) is 0 Å². The third-order valence-corrected chi connectivity index (χ3v) is 4.93. The Morgan fingerprint density at radius 2 is 1.56 bits per heavy atom. The zero-order valence-corrected chi connectivity index (χ0v) is 18.1. The third-order valence-electron chi connectivity index (χ3n) is 4.93. The minimum atomic E-state index is 0.0409. The summed E-state index contributed by atoms with van der Waals surface area (Å²) in [5.41, 5.74) is 2.75. The number of ether oxygens (including phenoxy) is 4. The highest BCUT2D eigenvalue weighted by Gasteiger charge is 2.18. The lowest BCUT2D eigenvalue weighted by molar-refractivity contribution is 0.303. The van der Waals surface area contributed by atoms with Crippen molar-refractivity contribution in [3.05, 3.63) is 78.0 Å². The predicted octanol–water partition coefficient (Wildman–Crippen LogP) is 5.48. The molecule has 0 aliphatic carbocycles. The quantitative estimate of drug-likeness (QED) is 0.384. The van der Waals surface area contributed by atoms with Crippen LogP contribution in [0.1, 0.15) is 11.3 Å². The van der Waals surface area contributed by atoms with Crippen molar-refractivity contribution in [3.8, 4) is 45.8 Å². The van der Waals surface area contributed by atoms with Gasteiger partial charge in [-0.3, -0.25) is 5.10 Å². The lowest BCUT2D eigenvalue weighted by Crippen LogP contribution is -1.96. The fraction of sp³-hybridized carbons (Fsp3) is 0.160. The largest absolute Gasteiger partial charge is 0.507 e. The first-order valence-electron chi connectivity index (χ1n) is 10.0. The molecule has 7 nitrogen and oxygen atoms in total. The van der Waals surface area contributed by atoms with Crippen molar-refractivity contribution < 1.29 is 24.1 Å². The highest BCUT2D eigenvalue weighted by atomic mass is 16.5. The van der Waals surface area contributed by atoms with Gasteiger partial charge in [0.25, 0.3) is 0 Å². The molecule has 0 saturated heterocycles. The van der Waals surface area contributed by atoms with E-state index in [1.165, 1.54) is 0 Å². The summed E-state index contributed by atoms with van der Waals surface area (Å²) in [5, 5.41) is 17.9. The standard InChI is InChI=1S/C25H24N2O5/c1-16-25(32-19-9-7-18(29-2)8-10-19)24(27-26-16)22-12-11-21(14-23(22)28)31-15-17-5-4-6-20(13-17)30-3/h4-14,28H,15H2,1-3H3,(H,26,27). The highest BCUT2D eigenvalue weighted by molar-refractivity contribution is 5.74. The van der Waals surface area contributed by atoms with E-state index in [0.29, 0.717) is 35.1 Å². The van der Waals surface area contributed by atoms with E-state index < -0.39 is 0 Å². The molecule has 7 heteroatoms. The summed E-state index contributed by atoms with van der Waals surface area (Å²) in [6.45, 7) is 2.21. The van der Waals surface area contributed by atoms with E-state index in [9.17, 15) is 5.11 Å². The van der Waals surface area contributed by atoms with Gasteiger partial charge >= 0.3 is 0 Å². The summed E-state index contributed by atoms with van der Waals surface area (Å²) in [7, 11) is 3.24. The Morgan fingerprint density at radius 1 is 0.844 bits per heavy atom. The molecular weight excluding hydrogens is 408 g/mol. The van der Waals surface area contributed by atoms with Crippen molar-refractivity contribution in [3.63, 3.8) is 0 Å². The molecule has 0 atom stereocenters. The van der Waals surface area contributed by atoms with Crippen LogP contribution in [-0.2, 0) is 6.61 Å². The number of benzene rings is 3. The minimum absolute atomic E-state index is 0.0409. The maximum atomic E-state index is 10.7. The molecule has 4 rings (SSSR count). The molecule has 0 amide bonds. The van der Waals surface area contributed by atoms with Crippen molar-refractivity contribution in [1.82, 2.24) is 10.2 Å². The third kappa shape index (κ3) is 4.62. The fourth-order valence-electron chi connectivity index (χ4n) is 3.22. The first-order valence-corrected chi connectivity index (χ1v) is 10.0. The second-order valence-corrected chi connectivity index (χ2v) is 7.12. The van der Waals surface area contributed by atoms with Crippen LogP contribution in [0, 0.1) is 6.92 Å². The van der Waals surface area contributed by atoms with Crippen LogP contribution in [0.15, 0.2) is 66.7 Å². The summed E-state index contributed by atoms with van der Waals surface area (Å²) in [4.78, 5) is 0. The van der Waals surface area contributed by atoms with Gasteiger partial charge in [-0.2, -0.15) is 5.10 Å². The number of rotatable bonds is 8.